The predicted molar refractivity (Wildman–Crippen MR) is 102 cm³/mol. The van der Waals surface area contributed by atoms with Crippen LogP contribution in [0.5, 0.6) is 0 Å². The summed E-state index contributed by atoms with van der Waals surface area (Å²) in [6.07, 6.45) is 2.29. The second kappa shape index (κ2) is 7.80. The Morgan fingerprint density at radius 2 is 2.08 bits per heavy atom. The summed E-state index contributed by atoms with van der Waals surface area (Å²) in [6.45, 7) is 2.30. The molecule has 1 amide bonds. The number of benzene rings is 1. The maximum absolute atomic E-state index is 13.0. The second-order valence-corrected chi connectivity index (χ2v) is 7.41. The number of nitrogens with two attached hydrogens (primary N) is 1. The van der Waals surface area contributed by atoms with Gasteiger partial charge >= 0.3 is 0 Å². The van der Waals surface area contributed by atoms with Crippen LogP contribution in [0.15, 0.2) is 42.6 Å². The number of carbonyl (C=O) groups excluding carboxylic acids is 1. The highest BCUT2D eigenvalue weighted by molar-refractivity contribution is 7.14. The number of hydrogen-bond donors (Lipinski definition) is 2. The van der Waals surface area contributed by atoms with Gasteiger partial charge in [0, 0.05) is 36.3 Å². The lowest BCUT2D eigenvalue weighted by Gasteiger charge is -2.16. The maximum Gasteiger partial charge on any atom is 0.261 e. The summed E-state index contributed by atoms with van der Waals surface area (Å²) in [4.78, 5) is 14.3. The van der Waals surface area contributed by atoms with Crippen LogP contribution >= 0.6 is 11.3 Å². The van der Waals surface area contributed by atoms with Crippen molar-refractivity contribution in [3.05, 3.63) is 63.7 Å². The highest BCUT2D eigenvalue weighted by atomic mass is 32.1. The molecule has 2 heterocycles. The van der Waals surface area contributed by atoms with Crippen molar-refractivity contribution in [3.8, 4) is 11.3 Å². The van der Waals surface area contributed by atoms with E-state index in [1.165, 1.54) is 23.5 Å². The first-order valence-electron chi connectivity index (χ1n) is 8.32. The van der Waals surface area contributed by atoms with Crippen LogP contribution in [0.2, 0.25) is 0 Å². The number of nitrogens with zero attached hydrogens (tertiary/aromatic N) is 2. The van der Waals surface area contributed by atoms with E-state index in [1.54, 1.807) is 23.0 Å². The van der Waals surface area contributed by atoms with Crippen LogP contribution < -0.4 is 11.1 Å². The molecule has 5 nitrogen and oxygen atoms in total. The lowest BCUT2D eigenvalue weighted by Crippen LogP contribution is -2.41. The molecule has 3 rings (SSSR count). The van der Waals surface area contributed by atoms with Crippen LogP contribution in [0, 0.1) is 12.7 Å². The van der Waals surface area contributed by atoms with Crippen LogP contribution in [-0.4, -0.2) is 28.3 Å². The second-order valence-electron chi connectivity index (χ2n) is 6.16. The lowest BCUT2D eigenvalue weighted by molar-refractivity contribution is 0.0942. The van der Waals surface area contributed by atoms with Gasteiger partial charge in [-0.15, -0.1) is 11.3 Å². The van der Waals surface area contributed by atoms with E-state index >= 15 is 0 Å². The summed E-state index contributed by atoms with van der Waals surface area (Å²) < 4.78 is 14.8. The first-order chi connectivity index (χ1) is 12.5. The van der Waals surface area contributed by atoms with Crippen LogP contribution in [0.25, 0.3) is 11.3 Å². The normalized spacial score (nSPS) is 12.2. The lowest BCUT2D eigenvalue weighted by atomic mass is 10.1. The van der Waals surface area contributed by atoms with E-state index in [2.05, 4.69) is 10.4 Å². The van der Waals surface area contributed by atoms with Crippen molar-refractivity contribution in [2.45, 2.75) is 19.4 Å². The monoisotopic (exact) mass is 372 g/mol. The third-order valence-electron chi connectivity index (χ3n) is 4.25. The van der Waals surface area contributed by atoms with Gasteiger partial charge in [-0.2, -0.15) is 5.10 Å². The van der Waals surface area contributed by atoms with Crippen molar-refractivity contribution in [2.75, 3.05) is 6.54 Å². The quantitative estimate of drug-likeness (QED) is 0.699. The smallest absolute Gasteiger partial charge is 0.261 e. The standard InChI is InChI=1S/C19H21FN4OS/c1-12-16(17-7-8-22-24(17)2)10-18(26-12)19(25)23-15(11-21)9-13-3-5-14(20)6-4-13/h3-8,10,15H,9,11,21H2,1-2H3,(H,23,25)/t15-/m0/s1. The zero-order valence-electron chi connectivity index (χ0n) is 14.7. The number of aryl methyl sites for hydroxylation is 2. The van der Waals surface area contributed by atoms with Crippen molar-refractivity contribution in [1.29, 1.82) is 0 Å². The number of rotatable bonds is 6. The molecule has 1 atom stereocenters. The molecule has 26 heavy (non-hydrogen) atoms. The van der Waals surface area contributed by atoms with Gasteiger partial charge in [-0.05, 0) is 43.2 Å². The average molecular weight is 372 g/mol. The Balaban J connectivity index is 1.72. The van der Waals surface area contributed by atoms with Crippen LogP contribution in [0.3, 0.4) is 0 Å². The Hall–Kier alpha value is -2.51. The van der Waals surface area contributed by atoms with Gasteiger partial charge in [-0.3, -0.25) is 9.48 Å². The molecule has 0 fully saturated rings. The number of halogens is 1. The van der Waals surface area contributed by atoms with Crippen molar-refractivity contribution in [1.82, 2.24) is 15.1 Å². The van der Waals surface area contributed by atoms with E-state index in [0.29, 0.717) is 17.8 Å². The number of thiophene rings is 1. The fraction of sp³-hybridized carbons (Fsp3) is 0.263. The third-order valence-corrected chi connectivity index (χ3v) is 5.30. The number of amides is 1. The van der Waals surface area contributed by atoms with Gasteiger partial charge < -0.3 is 11.1 Å². The molecule has 0 aliphatic rings. The Morgan fingerprint density at radius 3 is 2.69 bits per heavy atom. The molecule has 0 aliphatic heterocycles. The van der Waals surface area contributed by atoms with Gasteiger partial charge in [-0.1, -0.05) is 12.1 Å². The fourth-order valence-electron chi connectivity index (χ4n) is 2.84. The maximum atomic E-state index is 13.0. The molecule has 0 unspecified atom stereocenters. The largest absolute Gasteiger partial charge is 0.347 e. The Labute approximate surface area is 155 Å². The highest BCUT2D eigenvalue weighted by Crippen LogP contribution is 2.30. The Kier molecular flexibility index (Phi) is 5.49. The Bertz CT molecular complexity index is 901. The zero-order valence-corrected chi connectivity index (χ0v) is 15.5. The van der Waals surface area contributed by atoms with E-state index in [0.717, 1.165) is 21.7 Å². The molecule has 0 radical (unpaired) electrons. The van der Waals surface area contributed by atoms with Gasteiger partial charge in [0.2, 0.25) is 0 Å². The molecule has 0 saturated heterocycles. The first-order valence-corrected chi connectivity index (χ1v) is 9.13. The summed E-state index contributed by atoms with van der Waals surface area (Å²) in [5.41, 5.74) is 8.72. The zero-order chi connectivity index (χ0) is 18.7. The average Bonchev–Trinajstić information content (AvgIpc) is 3.21. The predicted octanol–water partition coefficient (Wildman–Crippen LogP) is 2.90. The van der Waals surface area contributed by atoms with E-state index in [1.807, 2.05) is 26.1 Å². The summed E-state index contributed by atoms with van der Waals surface area (Å²) in [5.74, 6) is -0.428. The topological polar surface area (TPSA) is 72.9 Å². The number of hydrogen-bond acceptors (Lipinski definition) is 4. The molecule has 0 bridgehead atoms. The van der Waals surface area contributed by atoms with Crippen molar-refractivity contribution in [3.63, 3.8) is 0 Å². The van der Waals surface area contributed by atoms with E-state index in [4.69, 9.17) is 5.73 Å². The van der Waals surface area contributed by atoms with Crippen molar-refractivity contribution < 1.29 is 9.18 Å². The minimum Gasteiger partial charge on any atom is -0.347 e. The van der Waals surface area contributed by atoms with Crippen LogP contribution in [0.1, 0.15) is 20.1 Å². The summed E-state index contributed by atoms with van der Waals surface area (Å²) >= 11 is 1.45. The molecule has 0 saturated carbocycles. The van der Waals surface area contributed by atoms with E-state index < -0.39 is 0 Å². The van der Waals surface area contributed by atoms with Gasteiger partial charge in [0.25, 0.3) is 5.91 Å². The third kappa shape index (κ3) is 4.00. The molecule has 2 aromatic heterocycles. The van der Waals surface area contributed by atoms with E-state index in [-0.39, 0.29) is 17.8 Å². The number of aromatic nitrogens is 2. The van der Waals surface area contributed by atoms with Gasteiger partial charge in [0.05, 0.1) is 10.6 Å². The van der Waals surface area contributed by atoms with E-state index in [9.17, 15) is 9.18 Å². The summed E-state index contributed by atoms with van der Waals surface area (Å²) in [5, 5.41) is 7.16. The van der Waals surface area contributed by atoms with Crippen molar-refractivity contribution >= 4 is 17.2 Å². The summed E-state index contributed by atoms with van der Waals surface area (Å²) in [7, 11) is 1.87. The molecule has 3 N–H and O–H groups in total. The Morgan fingerprint density at radius 1 is 1.35 bits per heavy atom. The van der Waals surface area contributed by atoms with Gasteiger partial charge in [0.1, 0.15) is 5.82 Å². The molecule has 136 valence electrons. The molecule has 1 aromatic carbocycles. The molecule has 0 spiro atoms. The minimum absolute atomic E-state index is 0.149. The van der Waals surface area contributed by atoms with Gasteiger partial charge in [0.15, 0.2) is 0 Å². The fourth-order valence-corrected chi connectivity index (χ4v) is 3.77. The highest BCUT2D eigenvalue weighted by Gasteiger charge is 2.18. The van der Waals surface area contributed by atoms with Gasteiger partial charge in [-0.25, -0.2) is 4.39 Å². The molecular formula is C19H21FN4OS. The number of carbonyl (C=O) groups is 1. The summed E-state index contributed by atoms with van der Waals surface area (Å²) in [6, 6.07) is 9.84. The molecule has 0 aliphatic carbocycles. The molecular weight excluding hydrogens is 351 g/mol. The van der Waals surface area contributed by atoms with Crippen LogP contribution in [0.4, 0.5) is 4.39 Å². The van der Waals surface area contributed by atoms with Crippen molar-refractivity contribution in [2.24, 2.45) is 12.8 Å². The first kappa shape index (κ1) is 18.3. The number of nitrogens with one attached hydrogen (secondary N) is 1. The van der Waals surface area contributed by atoms with Crippen LogP contribution in [-0.2, 0) is 13.5 Å². The molecule has 3 aromatic rings. The molecule has 7 heteroatoms. The SMILES string of the molecule is Cc1sc(C(=O)N[C@H](CN)Cc2ccc(F)cc2)cc1-c1ccnn1C. The minimum atomic E-state index is -0.279.